The van der Waals surface area contributed by atoms with Gasteiger partial charge in [-0.3, -0.25) is 4.79 Å². The van der Waals surface area contributed by atoms with Gasteiger partial charge in [0.15, 0.2) is 5.78 Å². The number of benzene rings is 1. The Morgan fingerprint density at radius 1 is 1.05 bits per heavy atom. The number of urea groups is 1. The standard InChI is InChI=1S/C17H25N3O2/c1-13(2)16(21)15(14-7-5-4-6-8-14)18-17(22)20-11-9-19(3)10-12-20/h4-8,13,15H,9-12H2,1-3H3,(H,18,22)/t15-/m1/s1. The molecule has 0 aliphatic carbocycles. The summed E-state index contributed by atoms with van der Waals surface area (Å²) in [5, 5.41) is 2.92. The van der Waals surface area contributed by atoms with E-state index >= 15 is 0 Å². The number of nitrogens with one attached hydrogen (secondary N) is 1. The lowest BCUT2D eigenvalue weighted by Crippen LogP contribution is -2.52. The lowest BCUT2D eigenvalue weighted by atomic mass is 9.95. The van der Waals surface area contributed by atoms with Crippen LogP contribution in [0.15, 0.2) is 30.3 Å². The van der Waals surface area contributed by atoms with E-state index in [2.05, 4.69) is 10.2 Å². The molecule has 1 aliphatic heterocycles. The van der Waals surface area contributed by atoms with Crippen LogP contribution < -0.4 is 5.32 Å². The van der Waals surface area contributed by atoms with Crippen LogP contribution in [-0.4, -0.2) is 54.8 Å². The molecule has 1 aromatic carbocycles. The van der Waals surface area contributed by atoms with Gasteiger partial charge in [-0.05, 0) is 12.6 Å². The van der Waals surface area contributed by atoms with Gasteiger partial charge in [-0.25, -0.2) is 4.79 Å². The highest BCUT2D eigenvalue weighted by atomic mass is 16.2. The highest BCUT2D eigenvalue weighted by Gasteiger charge is 2.27. The number of likely N-dealkylation sites (N-methyl/N-ethyl adjacent to an activating group) is 1. The normalized spacial score (nSPS) is 17.4. The van der Waals surface area contributed by atoms with Crippen LogP contribution in [0.1, 0.15) is 25.5 Å². The molecule has 120 valence electrons. The van der Waals surface area contributed by atoms with E-state index in [0.29, 0.717) is 13.1 Å². The Morgan fingerprint density at radius 3 is 2.18 bits per heavy atom. The Morgan fingerprint density at radius 2 is 1.64 bits per heavy atom. The summed E-state index contributed by atoms with van der Waals surface area (Å²) < 4.78 is 0. The molecule has 5 nitrogen and oxygen atoms in total. The van der Waals surface area contributed by atoms with Crippen molar-refractivity contribution in [1.29, 1.82) is 0 Å². The summed E-state index contributed by atoms with van der Waals surface area (Å²) in [6.07, 6.45) is 0. The van der Waals surface area contributed by atoms with E-state index in [-0.39, 0.29) is 17.7 Å². The molecular formula is C17H25N3O2. The minimum Gasteiger partial charge on any atom is -0.324 e. The summed E-state index contributed by atoms with van der Waals surface area (Å²) in [4.78, 5) is 28.9. The summed E-state index contributed by atoms with van der Waals surface area (Å²) in [5.74, 6) is -0.0910. The molecule has 0 bridgehead atoms. The first-order valence-corrected chi connectivity index (χ1v) is 7.81. The number of rotatable bonds is 4. The first-order chi connectivity index (χ1) is 10.5. The first-order valence-electron chi connectivity index (χ1n) is 7.81. The number of hydrogen-bond donors (Lipinski definition) is 1. The monoisotopic (exact) mass is 303 g/mol. The molecule has 0 radical (unpaired) electrons. The number of carbonyl (C=O) groups excluding carboxylic acids is 2. The molecule has 0 spiro atoms. The maximum Gasteiger partial charge on any atom is 0.318 e. The Labute approximate surface area is 132 Å². The second-order valence-electron chi connectivity index (χ2n) is 6.14. The molecule has 2 rings (SSSR count). The van der Waals surface area contributed by atoms with Crippen molar-refractivity contribution in [3.8, 4) is 0 Å². The number of carbonyl (C=O) groups is 2. The number of Topliss-reactive ketones (excluding diaryl/α,β-unsaturated/α-hetero) is 1. The Kier molecular flexibility index (Phi) is 5.55. The van der Waals surface area contributed by atoms with Gasteiger partial charge in [-0.15, -0.1) is 0 Å². The molecule has 1 saturated heterocycles. The van der Waals surface area contributed by atoms with Gasteiger partial charge in [0.25, 0.3) is 0 Å². The molecule has 1 atom stereocenters. The van der Waals surface area contributed by atoms with Crippen LogP contribution in [0.2, 0.25) is 0 Å². The van der Waals surface area contributed by atoms with E-state index in [1.807, 2.05) is 51.2 Å². The average Bonchev–Trinajstić information content (AvgIpc) is 2.53. The minimum absolute atomic E-state index is 0.0358. The predicted octanol–water partition coefficient (Wildman–Crippen LogP) is 1.91. The lowest BCUT2D eigenvalue weighted by Gasteiger charge is -2.33. The topological polar surface area (TPSA) is 52.7 Å². The second-order valence-corrected chi connectivity index (χ2v) is 6.14. The zero-order valence-corrected chi connectivity index (χ0v) is 13.6. The molecule has 0 saturated carbocycles. The van der Waals surface area contributed by atoms with Crippen LogP contribution in [0.3, 0.4) is 0 Å². The molecule has 1 heterocycles. The van der Waals surface area contributed by atoms with Crippen molar-refractivity contribution in [3.05, 3.63) is 35.9 Å². The molecule has 22 heavy (non-hydrogen) atoms. The molecule has 1 aromatic rings. The van der Waals surface area contributed by atoms with Crippen LogP contribution in [0, 0.1) is 5.92 Å². The number of nitrogens with zero attached hydrogens (tertiary/aromatic N) is 2. The molecular weight excluding hydrogens is 278 g/mol. The third-order valence-corrected chi connectivity index (χ3v) is 4.04. The van der Waals surface area contributed by atoms with Crippen LogP contribution in [-0.2, 0) is 4.79 Å². The average molecular weight is 303 g/mol. The molecule has 1 fully saturated rings. The smallest absolute Gasteiger partial charge is 0.318 e. The van der Waals surface area contributed by atoms with Crippen molar-refractivity contribution in [3.63, 3.8) is 0 Å². The van der Waals surface area contributed by atoms with Gasteiger partial charge in [-0.1, -0.05) is 44.2 Å². The zero-order chi connectivity index (χ0) is 16.1. The first kappa shape index (κ1) is 16.5. The van der Waals surface area contributed by atoms with Crippen molar-refractivity contribution in [2.75, 3.05) is 33.2 Å². The van der Waals surface area contributed by atoms with Gasteiger partial charge in [0.05, 0.1) is 0 Å². The van der Waals surface area contributed by atoms with Gasteiger partial charge in [-0.2, -0.15) is 0 Å². The van der Waals surface area contributed by atoms with E-state index in [0.717, 1.165) is 18.7 Å². The highest BCUT2D eigenvalue weighted by molar-refractivity contribution is 5.90. The van der Waals surface area contributed by atoms with Gasteiger partial charge in [0.2, 0.25) is 0 Å². The fourth-order valence-electron chi connectivity index (χ4n) is 2.52. The minimum atomic E-state index is -0.576. The van der Waals surface area contributed by atoms with Crippen LogP contribution >= 0.6 is 0 Å². The Hall–Kier alpha value is -1.88. The maximum absolute atomic E-state index is 12.5. The third-order valence-electron chi connectivity index (χ3n) is 4.04. The number of amides is 2. The molecule has 0 unspecified atom stereocenters. The summed E-state index contributed by atoms with van der Waals surface area (Å²) in [5.41, 5.74) is 0.837. The fourth-order valence-corrected chi connectivity index (χ4v) is 2.52. The van der Waals surface area contributed by atoms with E-state index in [1.165, 1.54) is 0 Å². The van der Waals surface area contributed by atoms with Crippen molar-refractivity contribution < 1.29 is 9.59 Å². The highest BCUT2D eigenvalue weighted by Crippen LogP contribution is 2.18. The van der Waals surface area contributed by atoms with E-state index < -0.39 is 6.04 Å². The van der Waals surface area contributed by atoms with E-state index in [4.69, 9.17) is 0 Å². The van der Waals surface area contributed by atoms with Crippen LogP contribution in [0.25, 0.3) is 0 Å². The van der Waals surface area contributed by atoms with Crippen molar-refractivity contribution in [2.24, 2.45) is 5.92 Å². The SMILES string of the molecule is CC(C)C(=O)[C@H](NC(=O)N1CCN(C)CC1)c1ccccc1. The second kappa shape index (κ2) is 7.40. The predicted molar refractivity (Wildman–Crippen MR) is 86.6 cm³/mol. The van der Waals surface area contributed by atoms with E-state index in [1.54, 1.807) is 4.90 Å². The van der Waals surface area contributed by atoms with Gasteiger partial charge in [0.1, 0.15) is 6.04 Å². The number of piperazine rings is 1. The molecule has 0 aromatic heterocycles. The summed E-state index contributed by atoms with van der Waals surface area (Å²) >= 11 is 0. The van der Waals surface area contributed by atoms with E-state index in [9.17, 15) is 9.59 Å². The lowest BCUT2D eigenvalue weighted by molar-refractivity contribution is -0.123. The molecule has 5 heteroatoms. The summed E-state index contributed by atoms with van der Waals surface area (Å²) in [6, 6.07) is 8.72. The van der Waals surface area contributed by atoms with Crippen molar-refractivity contribution in [1.82, 2.24) is 15.1 Å². The quantitative estimate of drug-likeness (QED) is 0.924. The van der Waals surface area contributed by atoms with Gasteiger partial charge < -0.3 is 15.1 Å². The number of hydrogen-bond acceptors (Lipinski definition) is 3. The molecule has 2 amide bonds. The fraction of sp³-hybridized carbons (Fsp3) is 0.529. The summed E-state index contributed by atoms with van der Waals surface area (Å²) in [7, 11) is 2.05. The molecule has 1 aliphatic rings. The Balaban J connectivity index is 2.09. The van der Waals surface area contributed by atoms with Crippen molar-refractivity contribution >= 4 is 11.8 Å². The van der Waals surface area contributed by atoms with Gasteiger partial charge >= 0.3 is 6.03 Å². The van der Waals surface area contributed by atoms with Gasteiger partial charge in [0, 0.05) is 32.1 Å². The molecule has 1 N–H and O–H groups in total. The zero-order valence-electron chi connectivity index (χ0n) is 13.6. The Bertz CT molecular complexity index is 508. The van der Waals surface area contributed by atoms with Crippen LogP contribution in [0.5, 0.6) is 0 Å². The summed E-state index contributed by atoms with van der Waals surface area (Å²) in [6.45, 7) is 6.84. The largest absolute Gasteiger partial charge is 0.324 e. The van der Waals surface area contributed by atoms with Crippen molar-refractivity contribution in [2.45, 2.75) is 19.9 Å². The maximum atomic E-state index is 12.5. The third kappa shape index (κ3) is 4.07. The van der Waals surface area contributed by atoms with Crippen LogP contribution in [0.4, 0.5) is 4.79 Å². The number of ketones is 1.